The van der Waals surface area contributed by atoms with Crippen molar-refractivity contribution in [2.45, 2.75) is 19.4 Å². The zero-order chi connectivity index (χ0) is 20.2. The maximum atomic E-state index is 4.58. The summed E-state index contributed by atoms with van der Waals surface area (Å²) in [6.45, 7) is 2.12. The van der Waals surface area contributed by atoms with Crippen LogP contribution >= 0.6 is 11.3 Å². The fourth-order valence-corrected chi connectivity index (χ4v) is 3.70. The lowest BCUT2D eigenvalue weighted by Crippen LogP contribution is -2.22. The Bertz CT molecular complexity index is 1090. The third-order valence-electron chi connectivity index (χ3n) is 4.37. The van der Waals surface area contributed by atoms with Crippen molar-refractivity contribution in [3.8, 4) is 0 Å². The molecule has 2 heterocycles. The van der Waals surface area contributed by atoms with Gasteiger partial charge in [0, 0.05) is 25.8 Å². The largest absolute Gasteiger partial charge is 0.351 e. The van der Waals surface area contributed by atoms with Gasteiger partial charge in [-0.15, -0.1) is 11.3 Å². The fourth-order valence-electron chi connectivity index (χ4n) is 2.99. The Morgan fingerprint density at radius 1 is 1.00 bits per heavy atom. The van der Waals surface area contributed by atoms with Gasteiger partial charge in [0.15, 0.2) is 0 Å². The van der Waals surface area contributed by atoms with Crippen molar-refractivity contribution in [1.82, 2.24) is 19.9 Å². The molecule has 1 atom stereocenters. The van der Waals surface area contributed by atoms with Crippen LogP contribution in [0.4, 0.5) is 23.5 Å². The fraction of sp³-hybridized carbons (Fsp3) is 0.238. The summed E-state index contributed by atoms with van der Waals surface area (Å²) in [7, 11) is 3.83. The van der Waals surface area contributed by atoms with Gasteiger partial charge < -0.3 is 15.5 Å². The van der Waals surface area contributed by atoms with E-state index in [2.05, 4.69) is 67.8 Å². The third-order valence-corrected chi connectivity index (χ3v) is 5.16. The van der Waals surface area contributed by atoms with E-state index < -0.39 is 0 Å². The first-order valence-corrected chi connectivity index (χ1v) is 10.3. The molecule has 0 spiro atoms. The van der Waals surface area contributed by atoms with Gasteiger partial charge in [-0.1, -0.05) is 30.3 Å². The van der Waals surface area contributed by atoms with Gasteiger partial charge in [0.2, 0.25) is 17.8 Å². The highest BCUT2D eigenvalue weighted by Crippen LogP contribution is 2.24. The second kappa shape index (κ2) is 8.40. The molecule has 8 heteroatoms. The molecule has 0 bridgehead atoms. The number of thiazole rings is 1. The van der Waals surface area contributed by atoms with Crippen LogP contribution < -0.4 is 15.5 Å². The van der Waals surface area contributed by atoms with E-state index in [0.717, 1.165) is 22.3 Å². The number of hydrogen-bond acceptors (Lipinski definition) is 8. The van der Waals surface area contributed by atoms with E-state index in [1.54, 1.807) is 11.3 Å². The van der Waals surface area contributed by atoms with Crippen molar-refractivity contribution in [2.24, 2.45) is 0 Å². The van der Waals surface area contributed by atoms with Crippen molar-refractivity contribution < 1.29 is 0 Å². The number of nitrogens with one attached hydrogen (secondary N) is 2. The molecule has 0 amide bonds. The SMILES string of the molecule is CC(Cc1ccccc1)Nc1nc(Nc2ccc3ncsc3c2)nc(N(C)C)n1. The van der Waals surface area contributed by atoms with E-state index >= 15 is 0 Å². The highest BCUT2D eigenvalue weighted by Gasteiger charge is 2.12. The first-order chi connectivity index (χ1) is 14.1. The summed E-state index contributed by atoms with van der Waals surface area (Å²) in [5, 5.41) is 6.69. The molecule has 0 aliphatic carbocycles. The monoisotopic (exact) mass is 405 g/mol. The van der Waals surface area contributed by atoms with Crippen molar-refractivity contribution in [3.05, 3.63) is 59.6 Å². The Labute approximate surface area is 173 Å². The molecular weight excluding hydrogens is 382 g/mol. The summed E-state index contributed by atoms with van der Waals surface area (Å²) < 4.78 is 1.12. The lowest BCUT2D eigenvalue weighted by Gasteiger charge is -2.17. The van der Waals surface area contributed by atoms with Crippen LogP contribution in [0.2, 0.25) is 0 Å². The molecule has 29 heavy (non-hydrogen) atoms. The molecule has 1 unspecified atom stereocenters. The molecule has 0 aliphatic rings. The van der Waals surface area contributed by atoms with Crippen molar-refractivity contribution in [3.63, 3.8) is 0 Å². The lowest BCUT2D eigenvalue weighted by molar-refractivity contribution is 0.774. The Hall–Kier alpha value is -3.26. The summed E-state index contributed by atoms with van der Waals surface area (Å²) >= 11 is 1.61. The molecule has 2 aromatic carbocycles. The maximum Gasteiger partial charge on any atom is 0.233 e. The van der Waals surface area contributed by atoms with Crippen molar-refractivity contribution in [1.29, 1.82) is 0 Å². The van der Waals surface area contributed by atoms with Crippen LogP contribution in [-0.4, -0.2) is 40.1 Å². The van der Waals surface area contributed by atoms with E-state index in [0.29, 0.717) is 17.8 Å². The molecule has 4 aromatic rings. The first kappa shape index (κ1) is 19.1. The molecule has 2 N–H and O–H groups in total. The van der Waals surface area contributed by atoms with Crippen LogP contribution in [0.1, 0.15) is 12.5 Å². The molecule has 7 nitrogen and oxygen atoms in total. The van der Waals surface area contributed by atoms with Crippen LogP contribution in [0, 0.1) is 0 Å². The molecule has 2 aromatic heterocycles. The Morgan fingerprint density at radius 3 is 2.59 bits per heavy atom. The highest BCUT2D eigenvalue weighted by molar-refractivity contribution is 7.16. The van der Waals surface area contributed by atoms with Gasteiger partial charge in [0.25, 0.3) is 0 Å². The molecule has 0 aliphatic heterocycles. The Balaban J connectivity index is 1.55. The minimum atomic E-state index is 0.177. The topological polar surface area (TPSA) is 78.9 Å². The normalized spacial score (nSPS) is 12.0. The van der Waals surface area contributed by atoms with E-state index in [9.17, 15) is 0 Å². The summed E-state index contributed by atoms with van der Waals surface area (Å²) in [5.74, 6) is 1.64. The number of nitrogens with zero attached hydrogens (tertiary/aromatic N) is 5. The molecule has 0 saturated carbocycles. The van der Waals surface area contributed by atoms with Gasteiger partial charge in [-0.3, -0.25) is 0 Å². The molecule has 0 radical (unpaired) electrons. The van der Waals surface area contributed by atoms with Gasteiger partial charge in [-0.05, 0) is 37.1 Å². The zero-order valence-electron chi connectivity index (χ0n) is 16.6. The summed E-state index contributed by atoms with van der Waals surface area (Å²) in [4.78, 5) is 19.8. The number of anilines is 4. The third kappa shape index (κ3) is 4.78. The second-order valence-electron chi connectivity index (χ2n) is 7.07. The number of fused-ring (bicyclic) bond motifs is 1. The molecular formula is C21H23N7S. The number of aromatic nitrogens is 4. The van der Waals surface area contributed by atoms with Crippen LogP contribution in [0.25, 0.3) is 10.2 Å². The standard InChI is InChI=1S/C21H23N7S/c1-14(11-15-7-5-4-6-8-15)23-19-25-20(27-21(26-19)28(2)3)24-16-9-10-17-18(12-16)29-13-22-17/h4-10,12-14H,11H2,1-3H3,(H2,23,24,25,26,27). The van der Waals surface area contributed by atoms with Crippen LogP contribution in [0.5, 0.6) is 0 Å². The lowest BCUT2D eigenvalue weighted by atomic mass is 10.1. The van der Waals surface area contributed by atoms with Crippen molar-refractivity contribution >= 4 is 45.1 Å². The highest BCUT2D eigenvalue weighted by atomic mass is 32.1. The minimum absolute atomic E-state index is 0.177. The summed E-state index contributed by atoms with van der Waals surface area (Å²) in [6.07, 6.45) is 0.884. The maximum absolute atomic E-state index is 4.58. The van der Waals surface area contributed by atoms with Crippen LogP contribution in [0.3, 0.4) is 0 Å². The quantitative estimate of drug-likeness (QED) is 0.474. The first-order valence-electron chi connectivity index (χ1n) is 9.41. The molecule has 0 saturated heterocycles. The zero-order valence-corrected chi connectivity index (χ0v) is 17.4. The van der Waals surface area contributed by atoms with E-state index in [-0.39, 0.29) is 6.04 Å². The van der Waals surface area contributed by atoms with Gasteiger partial charge in [0.1, 0.15) is 0 Å². The molecule has 148 valence electrons. The number of hydrogen-bond donors (Lipinski definition) is 2. The predicted octanol–water partition coefficient (Wildman–Crippen LogP) is 4.33. The average molecular weight is 406 g/mol. The number of rotatable bonds is 7. The minimum Gasteiger partial charge on any atom is -0.351 e. The van der Waals surface area contributed by atoms with Crippen molar-refractivity contribution in [2.75, 3.05) is 29.6 Å². The van der Waals surface area contributed by atoms with E-state index in [4.69, 9.17) is 0 Å². The van der Waals surface area contributed by atoms with Crippen LogP contribution in [0.15, 0.2) is 54.0 Å². The van der Waals surface area contributed by atoms with Gasteiger partial charge in [-0.2, -0.15) is 15.0 Å². The van der Waals surface area contributed by atoms with Gasteiger partial charge >= 0.3 is 0 Å². The molecule has 4 rings (SSSR count). The predicted molar refractivity (Wildman–Crippen MR) is 120 cm³/mol. The summed E-state index contributed by atoms with van der Waals surface area (Å²) in [5.41, 5.74) is 5.02. The average Bonchev–Trinajstić information content (AvgIpc) is 3.16. The van der Waals surface area contributed by atoms with Crippen LogP contribution in [-0.2, 0) is 6.42 Å². The second-order valence-corrected chi connectivity index (χ2v) is 7.96. The van der Waals surface area contributed by atoms with Gasteiger partial charge in [-0.25, -0.2) is 4.98 Å². The van der Waals surface area contributed by atoms with E-state index in [1.165, 1.54) is 5.56 Å². The van der Waals surface area contributed by atoms with Gasteiger partial charge in [0.05, 0.1) is 15.7 Å². The number of benzene rings is 2. The molecule has 0 fully saturated rings. The summed E-state index contributed by atoms with van der Waals surface area (Å²) in [6, 6.07) is 16.6. The Morgan fingerprint density at radius 2 is 1.79 bits per heavy atom. The smallest absolute Gasteiger partial charge is 0.233 e. The van der Waals surface area contributed by atoms with E-state index in [1.807, 2.05) is 42.7 Å². The Kier molecular flexibility index (Phi) is 5.53.